The molecular weight excluding hydrogens is 258 g/mol. The van der Waals surface area contributed by atoms with Gasteiger partial charge in [0.05, 0.1) is 12.5 Å². The Bertz CT molecular complexity index is 354. The van der Waals surface area contributed by atoms with E-state index in [1.165, 1.54) is 0 Å². The van der Waals surface area contributed by atoms with Crippen LogP contribution in [0.3, 0.4) is 0 Å². The molecule has 1 heterocycles. The highest BCUT2D eigenvalue weighted by Crippen LogP contribution is 2.24. The Morgan fingerprint density at radius 2 is 1.90 bits per heavy atom. The fourth-order valence-corrected chi connectivity index (χ4v) is 3.00. The smallest absolute Gasteiger partial charge is 0.306 e. The van der Waals surface area contributed by atoms with Crippen molar-refractivity contribution in [1.29, 1.82) is 0 Å². The van der Waals surface area contributed by atoms with E-state index in [-0.39, 0.29) is 17.9 Å². The van der Waals surface area contributed by atoms with E-state index in [1.54, 1.807) is 0 Å². The molecule has 1 saturated heterocycles. The highest BCUT2D eigenvalue weighted by atomic mass is 16.4. The fourth-order valence-electron chi connectivity index (χ4n) is 3.00. The van der Waals surface area contributed by atoms with Crippen LogP contribution in [-0.4, -0.2) is 72.6 Å². The Labute approximate surface area is 120 Å². The van der Waals surface area contributed by atoms with Gasteiger partial charge >= 0.3 is 5.97 Å². The van der Waals surface area contributed by atoms with Crippen molar-refractivity contribution in [2.24, 2.45) is 5.92 Å². The van der Waals surface area contributed by atoms with Gasteiger partial charge in [0.15, 0.2) is 0 Å². The van der Waals surface area contributed by atoms with E-state index in [0.29, 0.717) is 13.0 Å². The Hall–Kier alpha value is -1.14. The van der Waals surface area contributed by atoms with E-state index < -0.39 is 5.97 Å². The number of hydrogen-bond donors (Lipinski definition) is 2. The zero-order chi connectivity index (χ0) is 14.5. The number of rotatable bonds is 4. The largest absolute Gasteiger partial charge is 0.481 e. The van der Waals surface area contributed by atoms with Gasteiger partial charge in [-0.05, 0) is 26.3 Å². The molecule has 2 aliphatic rings. The van der Waals surface area contributed by atoms with Gasteiger partial charge in [-0.15, -0.1) is 0 Å². The number of nitrogens with zero attached hydrogens (tertiary/aromatic N) is 2. The van der Waals surface area contributed by atoms with Crippen LogP contribution in [0.15, 0.2) is 0 Å². The molecule has 0 aromatic carbocycles. The number of hydrogen-bond acceptors (Lipinski definition) is 4. The molecular formula is C14H25N3O3. The average molecular weight is 283 g/mol. The Kier molecular flexibility index (Phi) is 5.37. The van der Waals surface area contributed by atoms with Crippen LogP contribution in [-0.2, 0) is 9.59 Å². The van der Waals surface area contributed by atoms with Gasteiger partial charge in [-0.2, -0.15) is 0 Å². The molecule has 0 aromatic rings. The summed E-state index contributed by atoms with van der Waals surface area (Å²) in [5.74, 6) is -0.822. The molecule has 2 unspecified atom stereocenters. The van der Waals surface area contributed by atoms with E-state index in [2.05, 4.69) is 17.3 Å². The fraction of sp³-hybridized carbons (Fsp3) is 0.857. The first-order valence-electron chi connectivity index (χ1n) is 7.49. The lowest BCUT2D eigenvalue weighted by Gasteiger charge is -2.33. The molecule has 0 spiro atoms. The molecule has 6 heteroatoms. The maximum atomic E-state index is 12.1. The second-order valence-corrected chi connectivity index (χ2v) is 5.96. The summed E-state index contributed by atoms with van der Waals surface area (Å²) >= 11 is 0. The van der Waals surface area contributed by atoms with Crippen LogP contribution >= 0.6 is 0 Å². The summed E-state index contributed by atoms with van der Waals surface area (Å²) in [6, 6.07) is 0.168. The molecule has 2 atom stereocenters. The van der Waals surface area contributed by atoms with Crippen molar-refractivity contribution in [2.75, 3.05) is 39.8 Å². The van der Waals surface area contributed by atoms with E-state index in [0.717, 1.165) is 45.4 Å². The molecule has 20 heavy (non-hydrogen) atoms. The van der Waals surface area contributed by atoms with Crippen molar-refractivity contribution in [2.45, 2.75) is 31.7 Å². The Morgan fingerprint density at radius 3 is 2.55 bits per heavy atom. The van der Waals surface area contributed by atoms with E-state index in [9.17, 15) is 9.59 Å². The van der Waals surface area contributed by atoms with Crippen molar-refractivity contribution in [3.05, 3.63) is 0 Å². The minimum atomic E-state index is -0.707. The predicted molar refractivity (Wildman–Crippen MR) is 75.5 cm³/mol. The highest BCUT2D eigenvalue weighted by Gasteiger charge is 2.27. The molecule has 2 rings (SSSR count). The molecule has 2 fully saturated rings. The lowest BCUT2D eigenvalue weighted by molar-refractivity contribution is -0.143. The molecule has 6 nitrogen and oxygen atoms in total. The van der Waals surface area contributed by atoms with Crippen LogP contribution in [0.4, 0.5) is 0 Å². The summed E-state index contributed by atoms with van der Waals surface area (Å²) in [7, 11) is 2.06. The number of carbonyl (C=O) groups is 2. The van der Waals surface area contributed by atoms with Crippen molar-refractivity contribution >= 4 is 11.9 Å². The van der Waals surface area contributed by atoms with E-state index in [1.807, 2.05) is 4.90 Å². The van der Waals surface area contributed by atoms with E-state index in [4.69, 9.17) is 5.11 Å². The van der Waals surface area contributed by atoms with Gasteiger partial charge in [0.2, 0.25) is 5.91 Å². The van der Waals surface area contributed by atoms with Crippen molar-refractivity contribution in [1.82, 2.24) is 15.1 Å². The zero-order valence-corrected chi connectivity index (χ0v) is 12.2. The lowest BCUT2D eigenvalue weighted by Crippen LogP contribution is -2.50. The third kappa shape index (κ3) is 4.18. The first kappa shape index (κ1) is 15.3. The second-order valence-electron chi connectivity index (χ2n) is 5.96. The number of piperazine rings is 1. The second kappa shape index (κ2) is 7.04. The van der Waals surface area contributed by atoms with Gasteiger partial charge in [-0.25, -0.2) is 0 Å². The van der Waals surface area contributed by atoms with Gasteiger partial charge in [0.1, 0.15) is 0 Å². The normalized spacial score (nSPS) is 28.4. The van der Waals surface area contributed by atoms with Crippen LogP contribution in [0.25, 0.3) is 0 Å². The van der Waals surface area contributed by atoms with Crippen molar-refractivity contribution in [3.8, 4) is 0 Å². The molecule has 1 saturated carbocycles. The van der Waals surface area contributed by atoms with Crippen LogP contribution in [0, 0.1) is 5.92 Å². The number of aliphatic carboxylic acids is 1. The summed E-state index contributed by atoms with van der Waals surface area (Å²) in [5, 5.41) is 12.3. The van der Waals surface area contributed by atoms with Gasteiger partial charge in [0.25, 0.3) is 0 Å². The predicted octanol–water partition coefficient (Wildman–Crippen LogP) is -0.00660. The quantitative estimate of drug-likeness (QED) is 0.759. The first-order chi connectivity index (χ1) is 9.56. The van der Waals surface area contributed by atoms with Crippen LogP contribution < -0.4 is 5.32 Å². The summed E-state index contributed by atoms with van der Waals surface area (Å²) in [6.45, 7) is 3.77. The third-order valence-electron chi connectivity index (χ3n) is 4.42. The number of nitrogens with one attached hydrogen (secondary N) is 1. The molecule has 1 aliphatic heterocycles. The number of amides is 1. The van der Waals surface area contributed by atoms with Crippen LogP contribution in [0.5, 0.6) is 0 Å². The summed E-state index contributed by atoms with van der Waals surface area (Å²) in [6.07, 6.45) is 3.31. The highest BCUT2D eigenvalue weighted by molar-refractivity contribution is 5.78. The van der Waals surface area contributed by atoms with Gasteiger partial charge in [-0.3, -0.25) is 9.59 Å². The monoisotopic (exact) mass is 283 g/mol. The maximum Gasteiger partial charge on any atom is 0.306 e. The Balaban J connectivity index is 1.71. The summed E-state index contributed by atoms with van der Waals surface area (Å²) in [4.78, 5) is 27.2. The zero-order valence-electron chi connectivity index (χ0n) is 12.2. The third-order valence-corrected chi connectivity index (χ3v) is 4.42. The standard InChI is InChI=1S/C14H25N3O3/c1-16-5-7-17(8-6-16)13(18)10-15-12-4-2-3-11(9-12)14(19)20/h11-12,15H,2-10H2,1H3,(H,19,20). The summed E-state index contributed by atoms with van der Waals surface area (Å²) in [5.41, 5.74) is 0. The number of carbonyl (C=O) groups excluding carboxylic acids is 1. The molecule has 0 bridgehead atoms. The lowest BCUT2D eigenvalue weighted by atomic mass is 9.86. The van der Waals surface area contributed by atoms with Gasteiger partial charge < -0.3 is 20.2 Å². The topological polar surface area (TPSA) is 72.9 Å². The molecule has 0 aromatic heterocycles. The van der Waals surface area contributed by atoms with Gasteiger partial charge in [-0.1, -0.05) is 6.42 Å². The SMILES string of the molecule is CN1CCN(C(=O)CNC2CCCC(C(=O)O)C2)CC1. The van der Waals surface area contributed by atoms with Crippen LogP contribution in [0.1, 0.15) is 25.7 Å². The minimum absolute atomic E-state index is 0.135. The molecule has 2 N–H and O–H groups in total. The van der Waals surface area contributed by atoms with Crippen molar-refractivity contribution in [3.63, 3.8) is 0 Å². The molecule has 0 radical (unpaired) electrons. The molecule has 1 aliphatic carbocycles. The van der Waals surface area contributed by atoms with Gasteiger partial charge in [0, 0.05) is 32.2 Å². The summed E-state index contributed by atoms with van der Waals surface area (Å²) < 4.78 is 0. The molecule has 114 valence electrons. The number of carboxylic acids is 1. The maximum absolute atomic E-state index is 12.1. The first-order valence-corrected chi connectivity index (χ1v) is 7.49. The number of carboxylic acid groups (broad SMARTS) is 1. The molecule has 1 amide bonds. The van der Waals surface area contributed by atoms with E-state index >= 15 is 0 Å². The average Bonchev–Trinajstić information content (AvgIpc) is 2.46. The van der Waals surface area contributed by atoms with Crippen molar-refractivity contribution < 1.29 is 14.7 Å². The Morgan fingerprint density at radius 1 is 1.20 bits per heavy atom. The van der Waals surface area contributed by atoms with Crippen LogP contribution in [0.2, 0.25) is 0 Å². The minimum Gasteiger partial charge on any atom is -0.481 e. The number of likely N-dealkylation sites (N-methyl/N-ethyl adjacent to an activating group) is 1.